The molecule has 1 saturated heterocycles. The van der Waals surface area contributed by atoms with Crippen LogP contribution in [0.25, 0.3) is 10.6 Å². The number of anilines is 2. The number of amides is 3. The molecule has 11 nitrogen and oxygen atoms in total. The Kier molecular flexibility index (Phi) is 14.4. The molecule has 306 valence electrons. The molecule has 0 atom stereocenters. The molecule has 19 heteroatoms. The van der Waals surface area contributed by atoms with Crippen molar-refractivity contribution in [3.63, 3.8) is 0 Å². The lowest BCUT2D eigenvalue weighted by Gasteiger charge is -2.33. The highest BCUT2D eigenvalue weighted by molar-refractivity contribution is 7.13. The van der Waals surface area contributed by atoms with E-state index in [2.05, 4.69) is 20.7 Å². The number of hydrazone groups is 1. The van der Waals surface area contributed by atoms with Crippen molar-refractivity contribution in [2.75, 3.05) is 43.4 Å². The lowest BCUT2D eigenvalue weighted by molar-refractivity contribution is -0.143. The van der Waals surface area contributed by atoms with Crippen LogP contribution in [-0.4, -0.2) is 70.8 Å². The summed E-state index contributed by atoms with van der Waals surface area (Å²) in [5, 5.41) is 21.3. The van der Waals surface area contributed by atoms with Gasteiger partial charge in [0.2, 0.25) is 0 Å². The number of alkyl halides is 6. The van der Waals surface area contributed by atoms with E-state index in [-0.39, 0.29) is 42.4 Å². The second-order valence-electron chi connectivity index (χ2n) is 12.9. The number of phenolic OH excluding ortho intramolecular Hbond substituents is 1. The number of carbonyl (C=O) groups is 2. The topological polar surface area (TPSA) is 131 Å². The zero-order chi connectivity index (χ0) is 40.6. The number of rotatable bonds is 12. The van der Waals surface area contributed by atoms with Crippen LogP contribution in [-0.2, 0) is 30.3 Å². The number of carbonyl (C=O) groups excluding carboxylic acids is 2. The number of benzene rings is 4. The summed E-state index contributed by atoms with van der Waals surface area (Å²) in [4.78, 5) is 34.0. The number of halogens is 7. The van der Waals surface area contributed by atoms with Crippen molar-refractivity contribution in [1.82, 2.24) is 20.2 Å². The molecule has 0 aliphatic carbocycles. The van der Waals surface area contributed by atoms with Gasteiger partial charge in [0, 0.05) is 60.6 Å². The Bertz CT molecular complexity index is 2170. The smallest absolute Gasteiger partial charge is 0.416 e. The monoisotopic (exact) mass is 847 g/mol. The first-order valence-electron chi connectivity index (χ1n) is 17.4. The van der Waals surface area contributed by atoms with Crippen LogP contribution in [0, 0.1) is 0 Å². The van der Waals surface area contributed by atoms with Crippen molar-refractivity contribution >= 4 is 53.3 Å². The number of hydrogen-bond acceptors (Lipinski definition) is 9. The Morgan fingerprint density at radius 3 is 2.12 bits per heavy atom. The van der Waals surface area contributed by atoms with E-state index in [4.69, 9.17) is 9.72 Å². The van der Waals surface area contributed by atoms with E-state index < -0.39 is 35.2 Å². The molecular weight excluding hydrogens is 812 g/mol. The van der Waals surface area contributed by atoms with Crippen molar-refractivity contribution in [3.05, 3.63) is 124 Å². The van der Waals surface area contributed by atoms with Crippen molar-refractivity contribution in [2.45, 2.75) is 25.5 Å². The Morgan fingerprint density at radius 1 is 0.828 bits per heavy atom. The van der Waals surface area contributed by atoms with Crippen LogP contribution < -0.4 is 20.8 Å². The number of thiazole rings is 1. The Balaban J connectivity index is 0.00000641. The van der Waals surface area contributed by atoms with E-state index in [0.29, 0.717) is 67.8 Å². The van der Waals surface area contributed by atoms with E-state index in [0.717, 1.165) is 16.8 Å². The first-order chi connectivity index (χ1) is 27.2. The summed E-state index contributed by atoms with van der Waals surface area (Å²) in [5.74, 6) is 0.247. The third kappa shape index (κ3) is 12.4. The predicted molar refractivity (Wildman–Crippen MR) is 210 cm³/mol. The number of aromatic nitrogens is 1. The minimum atomic E-state index is -5.05. The number of aromatic hydroxyl groups is 1. The maximum absolute atomic E-state index is 13.2. The maximum Gasteiger partial charge on any atom is 0.416 e. The standard InChI is InChI=1S/C39H35F6N7O4S.ClH/c40-38(41,42)28-17-29(39(43,44)45)19-31(18-28)49-37(55)48-30-8-6-26(7-9-30)36-47-32(24-57-36)21-51-12-14-52(15-13-51)22-35(54)50-46-20-27-16-33(10-11-34(27)53)56-23-25-4-2-1-3-5-25;/h1-11,16-20,24,53H,12-15,21-23H2,(H,50,54)(H2,48,49,55);1H/b46-20+;. The molecule has 4 aromatic carbocycles. The third-order valence-electron chi connectivity index (χ3n) is 8.64. The number of nitrogens with zero attached hydrogens (tertiary/aromatic N) is 4. The normalized spacial score (nSPS) is 13.8. The van der Waals surface area contributed by atoms with Gasteiger partial charge in [-0.2, -0.15) is 31.4 Å². The first kappa shape index (κ1) is 43.4. The molecule has 3 amide bonds. The molecule has 5 aromatic rings. The number of phenols is 1. The Morgan fingerprint density at radius 2 is 1.47 bits per heavy atom. The molecule has 58 heavy (non-hydrogen) atoms. The molecule has 1 fully saturated rings. The second kappa shape index (κ2) is 19.2. The Hall–Kier alpha value is -5.69. The van der Waals surface area contributed by atoms with E-state index in [9.17, 15) is 41.0 Å². The van der Waals surface area contributed by atoms with Crippen molar-refractivity contribution < 1.29 is 45.8 Å². The van der Waals surface area contributed by atoms with Crippen molar-refractivity contribution in [1.29, 1.82) is 0 Å². The number of piperazine rings is 1. The molecule has 0 bridgehead atoms. The number of urea groups is 1. The van der Waals surface area contributed by atoms with E-state index >= 15 is 0 Å². The van der Waals surface area contributed by atoms with Gasteiger partial charge >= 0.3 is 18.4 Å². The summed E-state index contributed by atoms with van der Waals surface area (Å²) in [6.45, 7) is 3.80. The second-order valence-corrected chi connectivity index (χ2v) is 13.8. The van der Waals surface area contributed by atoms with Gasteiger partial charge in [0.05, 0.1) is 29.6 Å². The summed E-state index contributed by atoms with van der Waals surface area (Å²) < 4.78 is 84.8. The summed E-state index contributed by atoms with van der Waals surface area (Å²) in [7, 11) is 0. The average Bonchev–Trinajstić information content (AvgIpc) is 3.64. The van der Waals surface area contributed by atoms with Crippen molar-refractivity contribution in [2.24, 2.45) is 5.10 Å². The van der Waals surface area contributed by atoms with Crippen LogP contribution in [0.4, 0.5) is 42.5 Å². The average molecular weight is 848 g/mol. The zero-order valence-electron chi connectivity index (χ0n) is 30.3. The lowest BCUT2D eigenvalue weighted by atomic mass is 10.1. The molecular formula is C39H36ClF6N7O4S. The SMILES string of the molecule is Cl.O=C(CN1CCN(Cc2csc(-c3ccc(NC(=O)Nc4cc(C(F)(F)F)cc(C(F)(F)F)c4)cc3)n2)CC1)N/N=C/c1cc(OCc2ccccc2)ccc1O. The Labute approximate surface area is 338 Å². The van der Waals surface area contributed by atoms with E-state index in [1.165, 1.54) is 35.8 Å². The largest absolute Gasteiger partial charge is 0.507 e. The van der Waals surface area contributed by atoms with Gasteiger partial charge in [-0.3, -0.25) is 14.6 Å². The third-order valence-corrected chi connectivity index (χ3v) is 9.59. The summed E-state index contributed by atoms with van der Waals surface area (Å²) >= 11 is 1.42. The molecule has 4 N–H and O–H groups in total. The fourth-order valence-electron chi connectivity index (χ4n) is 5.74. The molecule has 1 aliphatic rings. The van der Waals surface area contributed by atoms with Gasteiger partial charge < -0.3 is 20.5 Å². The first-order valence-corrected chi connectivity index (χ1v) is 18.2. The van der Waals surface area contributed by atoms with Crippen molar-refractivity contribution in [3.8, 4) is 22.1 Å². The highest BCUT2D eigenvalue weighted by atomic mass is 35.5. The molecule has 6 rings (SSSR count). The molecule has 1 aliphatic heterocycles. The van der Waals surface area contributed by atoms with Crippen LogP contribution in [0.3, 0.4) is 0 Å². The predicted octanol–water partition coefficient (Wildman–Crippen LogP) is 8.47. The highest BCUT2D eigenvalue weighted by Crippen LogP contribution is 2.37. The minimum absolute atomic E-state index is 0. The fraction of sp³-hybridized carbons (Fsp3) is 0.231. The number of ether oxygens (including phenoxy) is 1. The summed E-state index contributed by atoms with van der Waals surface area (Å²) in [6, 6.07) is 20.7. The van der Waals surface area contributed by atoms with Gasteiger partial charge in [-0.15, -0.1) is 23.7 Å². The van der Waals surface area contributed by atoms with Gasteiger partial charge in [0.25, 0.3) is 5.91 Å². The van der Waals surface area contributed by atoms with E-state index in [1.807, 2.05) is 45.9 Å². The summed E-state index contributed by atoms with van der Waals surface area (Å²) in [6.07, 6.45) is -8.73. The fourth-order valence-corrected chi connectivity index (χ4v) is 6.56. The summed E-state index contributed by atoms with van der Waals surface area (Å²) in [5.41, 5.74) is 1.98. The minimum Gasteiger partial charge on any atom is -0.507 e. The molecule has 0 radical (unpaired) electrons. The van der Waals surface area contributed by atoms with Gasteiger partial charge in [0.15, 0.2) is 0 Å². The van der Waals surface area contributed by atoms with Gasteiger partial charge in [-0.25, -0.2) is 15.2 Å². The van der Waals surface area contributed by atoms with Crippen LogP contribution in [0.15, 0.2) is 101 Å². The maximum atomic E-state index is 13.2. The quantitative estimate of drug-likeness (QED) is 0.0563. The highest BCUT2D eigenvalue weighted by Gasteiger charge is 2.37. The van der Waals surface area contributed by atoms with Gasteiger partial charge in [-0.05, 0) is 66.2 Å². The van der Waals surface area contributed by atoms with Gasteiger partial charge in [-0.1, -0.05) is 30.3 Å². The molecule has 0 spiro atoms. The number of hydrogen-bond donors (Lipinski definition) is 4. The van der Waals surface area contributed by atoms with Crippen LogP contribution in [0.5, 0.6) is 11.5 Å². The zero-order valence-corrected chi connectivity index (χ0v) is 31.9. The van der Waals surface area contributed by atoms with Gasteiger partial charge in [0.1, 0.15) is 23.1 Å². The van der Waals surface area contributed by atoms with Crippen LogP contribution in [0.2, 0.25) is 0 Å². The number of nitrogens with one attached hydrogen (secondary N) is 3. The lowest BCUT2D eigenvalue weighted by Crippen LogP contribution is -2.48. The molecule has 0 saturated carbocycles. The molecule has 2 heterocycles. The van der Waals surface area contributed by atoms with E-state index in [1.54, 1.807) is 24.3 Å². The molecule has 0 unspecified atom stereocenters. The van der Waals surface area contributed by atoms with Crippen LogP contribution in [0.1, 0.15) is 27.9 Å². The van der Waals surface area contributed by atoms with Crippen LogP contribution >= 0.6 is 23.7 Å². The molecule has 1 aromatic heterocycles.